The predicted molar refractivity (Wildman–Crippen MR) is 112 cm³/mol. The summed E-state index contributed by atoms with van der Waals surface area (Å²) in [6.45, 7) is 0.255. The molecule has 0 spiro atoms. The van der Waals surface area contributed by atoms with E-state index in [4.69, 9.17) is 16.3 Å². The molecule has 2 aromatic carbocycles. The molecule has 0 bridgehead atoms. The number of hydrogen-bond donors (Lipinski definition) is 1. The van der Waals surface area contributed by atoms with Crippen LogP contribution in [0.3, 0.4) is 0 Å². The molecular formula is C23H22ClFN2O3. The Morgan fingerprint density at radius 2 is 1.83 bits per heavy atom. The van der Waals surface area contributed by atoms with E-state index in [1.807, 2.05) is 0 Å². The molecule has 0 unspecified atom stereocenters. The van der Waals surface area contributed by atoms with Crippen molar-refractivity contribution in [2.75, 3.05) is 0 Å². The number of benzene rings is 2. The summed E-state index contributed by atoms with van der Waals surface area (Å²) in [5.41, 5.74) is 1.76. The molecule has 0 aromatic heterocycles. The highest BCUT2D eigenvalue weighted by Crippen LogP contribution is 2.29. The summed E-state index contributed by atoms with van der Waals surface area (Å²) >= 11 is 6.32. The summed E-state index contributed by atoms with van der Waals surface area (Å²) in [6, 6.07) is 10.8. The van der Waals surface area contributed by atoms with Crippen LogP contribution in [0, 0.1) is 5.82 Å². The van der Waals surface area contributed by atoms with Crippen molar-refractivity contribution in [3.63, 3.8) is 0 Å². The third-order valence-corrected chi connectivity index (χ3v) is 5.72. The molecular weight excluding hydrogens is 407 g/mol. The zero-order chi connectivity index (χ0) is 21.1. The summed E-state index contributed by atoms with van der Waals surface area (Å²) in [7, 11) is 0. The van der Waals surface area contributed by atoms with Gasteiger partial charge < -0.3 is 10.1 Å². The number of amides is 3. The normalized spacial score (nSPS) is 18.7. The van der Waals surface area contributed by atoms with Crippen LogP contribution in [0.4, 0.5) is 9.18 Å². The monoisotopic (exact) mass is 428 g/mol. The third kappa shape index (κ3) is 4.49. The standard InChI is InChI=1S/C23H22ClFN2O3/c24-19-12-16(8-11-21(19)30-14-15-6-9-17(25)10-7-15)13-20-22(28)27(23(29)26-20)18-4-2-1-3-5-18/h6-13,18H,1-5,14H2,(H,26,29)/b20-13-. The number of carbonyl (C=O) groups is 2. The highest BCUT2D eigenvalue weighted by molar-refractivity contribution is 6.32. The fraction of sp³-hybridized carbons (Fsp3) is 0.304. The fourth-order valence-corrected chi connectivity index (χ4v) is 4.10. The van der Waals surface area contributed by atoms with Gasteiger partial charge in [0.15, 0.2) is 0 Å². The smallest absolute Gasteiger partial charge is 0.329 e. The van der Waals surface area contributed by atoms with Crippen molar-refractivity contribution in [1.29, 1.82) is 0 Å². The first kappa shape index (κ1) is 20.4. The Kier molecular flexibility index (Phi) is 6.04. The molecule has 1 saturated heterocycles. The van der Waals surface area contributed by atoms with Crippen LogP contribution in [-0.4, -0.2) is 22.9 Å². The number of imide groups is 1. The van der Waals surface area contributed by atoms with Crippen LogP contribution < -0.4 is 10.1 Å². The van der Waals surface area contributed by atoms with Gasteiger partial charge in [-0.1, -0.05) is 49.1 Å². The summed E-state index contributed by atoms with van der Waals surface area (Å²) in [5.74, 6) is -0.113. The number of hydrogen-bond acceptors (Lipinski definition) is 3. The zero-order valence-corrected chi connectivity index (χ0v) is 17.1. The van der Waals surface area contributed by atoms with Crippen LogP contribution in [0.2, 0.25) is 5.02 Å². The second kappa shape index (κ2) is 8.88. The Morgan fingerprint density at radius 1 is 1.10 bits per heavy atom. The van der Waals surface area contributed by atoms with Crippen LogP contribution in [-0.2, 0) is 11.4 Å². The molecule has 7 heteroatoms. The number of nitrogens with zero attached hydrogens (tertiary/aromatic N) is 1. The van der Waals surface area contributed by atoms with Gasteiger partial charge in [0.1, 0.15) is 23.9 Å². The quantitative estimate of drug-likeness (QED) is 0.520. The van der Waals surface area contributed by atoms with E-state index in [1.54, 1.807) is 36.4 Å². The first-order valence-electron chi connectivity index (χ1n) is 10.0. The lowest BCUT2D eigenvalue weighted by molar-refractivity contribution is -0.124. The predicted octanol–water partition coefficient (Wildman–Crippen LogP) is 5.28. The molecule has 3 amide bonds. The van der Waals surface area contributed by atoms with Crippen molar-refractivity contribution in [3.8, 4) is 5.75 Å². The van der Waals surface area contributed by atoms with Crippen molar-refractivity contribution in [1.82, 2.24) is 10.2 Å². The van der Waals surface area contributed by atoms with E-state index >= 15 is 0 Å². The lowest BCUT2D eigenvalue weighted by atomic mass is 9.94. The Morgan fingerprint density at radius 3 is 2.53 bits per heavy atom. The summed E-state index contributed by atoms with van der Waals surface area (Å²) in [6.07, 6.45) is 6.57. The Bertz CT molecular complexity index is 984. The van der Waals surface area contributed by atoms with E-state index < -0.39 is 0 Å². The number of halogens is 2. The maximum absolute atomic E-state index is 13.0. The van der Waals surface area contributed by atoms with Gasteiger partial charge in [-0.3, -0.25) is 9.69 Å². The number of urea groups is 1. The number of carbonyl (C=O) groups excluding carboxylic acids is 2. The molecule has 30 heavy (non-hydrogen) atoms. The maximum Gasteiger partial charge on any atom is 0.329 e. The average Bonchev–Trinajstić information content (AvgIpc) is 3.02. The van der Waals surface area contributed by atoms with Gasteiger partial charge in [0.25, 0.3) is 5.91 Å². The molecule has 1 aliphatic heterocycles. The summed E-state index contributed by atoms with van der Waals surface area (Å²) in [5, 5.41) is 3.06. The van der Waals surface area contributed by atoms with E-state index in [0.717, 1.165) is 37.7 Å². The van der Waals surface area contributed by atoms with Crippen LogP contribution in [0.15, 0.2) is 48.2 Å². The summed E-state index contributed by atoms with van der Waals surface area (Å²) in [4.78, 5) is 26.4. The van der Waals surface area contributed by atoms with Crippen LogP contribution >= 0.6 is 11.6 Å². The second-order valence-corrected chi connectivity index (χ2v) is 7.97. The van der Waals surface area contributed by atoms with Gasteiger partial charge in [0.05, 0.1) is 5.02 Å². The molecule has 0 atom stereocenters. The van der Waals surface area contributed by atoms with Crippen molar-refractivity contribution in [2.45, 2.75) is 44.8 Å². The molecule has 1 N–H and O–H groups in total. The maximum atomic E-state index is 13.0. The van der Waals surface area contributed by atoms with Crippen molar-refractivity contribution in [2.24, 2.45) is 0 Å². The van der Waals surface area contributed by atoms with Crippen LogP contribution in [0.5, 0.6) is 5.75 Å². The molecule has 4 rings (SSSR count). The lowest BCUT2D eigenvalue weighted by Gasteiger charge is -2.28. The fourth-order valence-electron chi connectivity index (χ4n) is 3.85. The van der Waals surface area contributed by atoms with Gasteiger partial charge >= 0.3 is 6.03 Å². The highest BCUT2D eigenvalue weighted by atomic mass is 35.5. The minimum absolute atomic E-state index is 0.0250. The largest absolute Gasteiger partial charge is 0.487 e. The molecule has 156 valence electrons. The Balaban J connectivity index is 1.44. The third-order valence-electron chi connectivity index (χ3n) is 5.42. The zero-order valence-electron chi connectivity index (χ0n) is 16.4. The van der Waals surface area contributed by atoms with Crippen LogP contribution in [0.25, 0.3) is 6.08 Å². The van der Waals surface area contributed by atoms with Crippen molar-refractivity contribution >= 4 is 29.6 Å². The highest BCUT2D eigenvalue weighted by Gasteiger charge is 2.38. The average molecular weight is 429 g/mol. The number of rotatable bonds is 5. The van der Waals surface area contributed by atoms with Crippen molar-refractivity contribution in [3.05, 3.63) is 70.1 Å². The minimum Gasteiger partial charge on any atom is -0.487 e. The van der Waals surface area contributed by atoms with Crippen LogP contribution in [0.1, 0.15) is 43.2 Å². The molecule has 1 saturated carbocycles. The lowest BCUT2D eigenvalue weighted by Crippen LogP contribution is -2.41. The Labute approximate surface area is 179 Å². The molecule has 0 radical (unpaired) electrons. The van der Waals surface area contributed by atoms with Gasteiger partial charge in [-0.2, -0.15) is 0 Å². The van der Waals surface area contributed by atoms with Gasteiger partial charge in [-0.15, -0.1) is 0 Å². The molecule has 1 heterocycles. The number of ether oxygens (including phenoxy) is 1. The van der Waals surface area contributed by atoms with E-state index in [9.17, 15) is 14.0 Å². The van der Waals surface area contributed by atoms with Crippen molar-refractivity contribution < 1.29 is 18.7 Å². The van der Waals surface area contributed by atoms with Gasteiger partial charge in [0.2, 0.25) is 0 Å². The molecule has 2 fully saturated rings. The second-order valence-electron chi connectivity index (χ2n) is 7.56. The van der Waals surface area contributed by atoms with E-state index in [1.165, 1.54) is 17.0 Å². The molecule has 5 nitrogen and oxygen atoms in total. The van der Waals surface area contributed by atoms with E-state index in [2.05, 4.69) is 5.32 Å². The van der Waals surface area contributed by atoms with Gasteiger partial charge in [0, 0.05) is 6.04 Å². The minimum atomic E-state index is -0.358. The molecule has 2 aromatic rings. The summed E-state index contributed by atoms with van der Waals surface area (Å²) < 4.78 is 18.7. The number of nitrogens with one attached hydrogen (secondary N) is 1. The Hall–Kier alpha value is -2.86. The van der Waals surface area contributed by atoms with E-state index in [-0.39, 0.29) is 36.1 Å². The molecule has 2 aliphatic rings. The topological polar surface area (TPSA) is 58.6 Å². The van der Waals surface area contributed by atoms with Gasteiger partial charge in [-0.05, 0) is 54.3 Å². The first-order chi connectivity index (χ1) is 14.5. The SMILES string of the molecule is O=C1N/C(=C\c2ccc(OCc3ccc(F)cc3)c(Cl)c2)C(=O)N1C1CCCCC1. The van der Waals surface area contributed by atoms with Gasteiger partial charge in [-0.25, -0.2) is 9.18 Å². The molecule has 1 aliphatic carbocycles. The first-order valence-corrected chi connectivity index (χ1v) is 10.4. The van der Waals surface area contributed by atoms with E-state index in [0.29, 0.717) is 16.3 Å².